The summed E-state index contributed by atoms with van der Waals surface area (Å²) in [6.07, 6.45) is 4.57. The van der Waals surface area contributed by atoms with Crippen molar-refractivity contribution in [2.75, 3.05) is 18.1 Å². The summed E-state index contributed by atoms with van der Waals surface area (Å²) in [6.45, 7) is 0.922. The van der Waals surface area contributed by atoms with Crippen molar-refractivity contribution in [3.63, 3.8) is 0 Å². The Labute approximate surface area is 116 Å². The van der Waals surface area contributed by atoms with Gasteiger partial charge < -0.3 is 21.5 Å². The van der Waals surface area contributed by atoms with Gasteiger partial charge >= 0.3 is 0 Å². The molecule has 2 heterocycles. The molecule has 20 heavy (non-hydrogen) atoms. The molecule has 5 N–H and O–H groups in total. The molecule has 0 aliphatic carbocycles. The molecule has 0 saturated heterocycles. The van der Waals surface area contributed by atoms with Gasteiger partial charge in [-0.25, -0.2) is 9.97 Å². The highest BCUT2D eigenvalue weighted by Crippen LogP contribution is 2.17. The molecule has 0 aromatic carbocycles. The lowest BCUT2D eigenvalue weighted by atomic mass is 10.2. The first-order valence-corrected chi connectivity index (χ1v) is 6.13. The third-order valence-corrected chi connectivity index (χ3v) is 2.69. The molecule has 2 aromatic rings. The number of aliphatic hydroxyl groups excluding tert-OH is 1. The number of hydrogen-bond acceptors (Lipinski definition) is 8. The van der Waals surface area contributed by atoms with E-state index in [0.717, 1.165) is 11.3 Å². The number of aromatic nitrogens is 4. The van der Waals surface area contributed by atoms with E-state index >= 15 is 0 Å². The molecule has 0 saturated carbocycles. The summed E-state index contributed by atoms with van der Waals surface area (Å²) in [7, 11) is 1.83. The molecule has 2 rings (SSSR count). The zero-order chi connectivity index (χ0) is 14.4. The van der Waals surface area contributed by atoms with Gasteiger partial charge in [0.25, 0.3) is 0 Å². The normalized spacial score (nSPS) is 10.5. The summed E-state index contributed by atoms with van der Waals surface area (Å²) in [6, 6.07) is 0. The van der Waals surface area contributed by atoms with E-state index in [2.05, 4.69) is 30.6 Å². The van der Waals surface area contributed by atoms with Gasteiger partial charge in [-0.3, -0.25) is 9.97 Å². The van der Waals surface area contributed by atoms with Gasteiger partial charge in [0.2, 0.25) is 0 Å². The van der Waals surface area contributed by atoms with Crippen LogP contribution >= 0.6 is 0 Å². The average Bonchev–Trinajstić information content (AvgIpc) is 2.48. The van der Waals surface area contributed by atoms with Crippen LogP contribution in [0.1, 0.15) is 17.0 Å². The molecule has 0 aliphatic heterocycles. The summed E-state index contributed by atoms with van der Waals surface area (Å²) < 4.78 is 0. The van der Waals surface area contributed by atoms with Crippen LogP contribution in [-0.2, 0) is 19.7 Å². The molecule has 0 fully saturated rings. The minimum atomic E-state index is -0.116. The molecule has 8 nitrogen and oxygen atoms in total. The first-order valence-electron chi connectivity index (χ1n) is 6.13. The molecule has 0 radical (unpaired) electrons. The minimum absolute atomic E-state index is 0.116. The smallest absolute Gasteiger partial charge is 0.136 e. The first-order chi connectivity index (χ1) is 9.74. The molecule has 106 valence electrons. The van der Waals surface area contributed by atoms with E-state index in [-0.39, 0.29) is 6.61 Å². The van der Waals surface area contributed by atoms with Crippen molar-refractivity contribution in [2.45, 2.75) is 19.7 Å². The van der Waals surface area contributed by atoms with Crippen LogP contribution in [0.4, 0.5) is 11.6 Å². The van der Waals surface area contributed by atoms with Gasteiger partial charge in [0.15, 0.2) is 0 Å². The van der Waals surface area contributed by atoms with E-state index in [9.17, 15) is 0 Å². The lowest BCUT2D eigenvalue weighted by molar-refractivity contribution is 0.276. The second-order valence-electron chi connectivity index (χ2n) is 4.13. The summed E-state index contributed by atoms with van der Waals surface area (Å²) >= 11 is 0. The van der Waals surface area contributed by atoms with Crippen LogP contribution in [0.5, 0.6) is 0 Å². The second-order valence-corrected chi connectivity index (χ2v) is 4.13. The highest BCUT2D eigenvalue weighted by Gasteiger charge is 2.08. The lowest BCUT2D eigenvalue weighted by Gasteiger charge is -2.11. The van der Waals surface area contributed by atoms with Crippen LogP contribution < -0.4 is 16.4 Å². The minimum Gasteiger partial charge on any atom is -0.390 e. The number of rotatable bonds is 6. The fraction of sp³-hybridized carbons (Fsp3) is 0.333. The highest BCUT2D eigenvalue weighted by molar-refractivity contribution is 5.54. The second kappa shape index (κ2) is 6.73. The number of aliphatic hydroxyl groups is 1. The topological polar surface area (TPSA) is 122 Å². The molecule has 0 unspecified atom stereocenters. The van der Waals surface area contributed by atoms with Crippen LogP contribution in [0.3, 0.4) is 0 Å². The fourth-order valence-corrected chi connectivity index (χ4v) is 1.66. The quantitative estimate of drug-likeness (QED) is 0.565. The monoisotopic (exact) mass is 275 g/mol. The van der Waals surface area contributed by atoms with Crippen LogP contribution in [-0.4, -0.2) is 32.1 Å². The Kier molecular flexibility index (Phi) is 4.75. The Morgan fingerprint density at radius 2 is 1.85 bits per heavy atom. The molecule has 0 aliphatic rings. The summed E-state index contributed by atoms with van der Waals surface area (Å²) in [4.78, 5) is 16.4. The Hall–Kier alpha value is -2.32. The number of nitrogens with zero attached hydrogens (tertiary/aromatic N) is 4. The van der Waals surface area contributed by atoms with Crippen LogP contribution in [0.25, 0.3) is 0 Å². The molecule has 0 amide bonds. The van der Waals surface area contributed by atoms with Gasteiger partial charge in [0.05, 0.1) is 42.5 Å². The largest absolute Gasteiger partial charge is 0.390 e. The summed E-state index contributed by atoms with van der Waals surface area (Å²) in [5, 5.41) is 15.1. The van der Waals surface area contributed by atoms with E-state index in [1.807, 2.05) is 7.05 Å². The van der Waals surface area contributed by atoms with Crippen molar-refractivity contribution in [1.29, 1.82) is 0 Å². The Morgan fingerprint density at radius 3 is 2.50 bits per heavy atom. The van der Waals surface area contributed by atoms with Gasteiger partial charge in [-0.1, -0.05) is 0 Å². The third-order valence-electron chi connectivity index (χ3n) is 2.69. The van der Waals surface area contributed by atoms with Crippen molar-refractivity contribution in [2.24, 2.45) is 0 Å². The van der Waals surface area contributed by atoms with Crippen molar-refractivity contribution in [3.8, 4) is 0 Å². The standard InChI is InChI=1S/C12H17N7O/c1-14-5-10-11(13)18-7-19-12(10)17-3-8-2-16-9(6-20)4-15-8/h2,4,7,14,20H,3,5-6H2,1H3,(H3,13,17,18,19). The maximum absolute atomic E-state index is 8.91. The Balaban J connectivity index is 2.08. The predicted molar refractivity (Wildman–Crippen MR) is 74.5 cm³/mol. The van der Waals surface area contributed by atoms with E-state index in [1.54, 1.807) is 12.4 Å². The third kappa shape index (κ3) is 3.37. The lowest BCUT2D eigenvalue weighted by Crippen LogP contribution is -2.14. The predicted octanol–water partition coefficient (Wildman–Crippen LogP) is -0.327. The fourth-order valence-electron chi connectivity index (χ4n) is 1.66. The Bertz CT molecular complexity index is 558. The summed E-state index contributed by atoms with van der Waals surface area (Å²) in [5.41, 5.74) is 7.93. The van der Waals surface area contributed by atoms with Gasteiger partial charge in [-0.05, 0) is 7.05 Å². The van der Waals surface area contributed by atoms with E-state index in [0.29, 0.717) is 30.4 Å². The Morgan fingerprint density at radius 1 is 1.10 bits per heavy atom. The molecular formula is C12H17N7O. The summed E-state index contributed by atoms with van der Waals surface area (Å²) in [5.74, 6) is 1.11. The van der Waals surface area contributed by atoms with E-state index in [1.165, 1.54) is 6.33 Å². The maximum atomic E-state index is 8.91. The average molecular weight is 275 g/mol. The zero-order valence-electron chi connectivity index (χ0n) is 11.2. The van der Waals surface area contributed by atoms with Crippen molar-refractivity contribution in [1.82, 2.24) is 25.3 Å². The SMILES string of the molecule is CNCc1c(N)ncnc1NCc1cnc(CO)cn1. The number of nitrogens with one attached hydrogen (secondary N) is 2. The van der Waals surface area contributed by atoms with Crippen molar-refractivity contribution in [3.05, 3.63) is 35.7 Å². The van der Waals surface area contributed by atoms with Gasteiger partial charge in [0, 0.05) is 6.54 Å². The van der Waals surface area contributed by atoms with Crippen LogP contribution in [0.2, 0.25) is 0 Å². The van der Waals surface area contributed by atoms with Crippen LogP contribution in [0.15, 0.2) is 18.7 Å². The number of nitrogens with two attached hydrogens (primary N) is 1. The number of anilines is 2. The van der Waals surface area contributed by atoms with E-state index in [4.69, 9.17) is 10.8 Å². The molecular weight excluding hydrogens is 258 g/mol. The van der Waals surface area contributed by atoms with E-state index < -0.39 is 0 Å². The maximum Gasteiger partial charge on any atom is 0.136 e. The van der Waals surface area contributed by atoms with Gasteiger partial charge in [0.1, 0.15) is 18.0 Å². The van der Waals surface area contributed by atoms with Gasteiger partial charge in [-0.15, -0.1) is 0 Å². The number of nitrogen functional groups attached to an aromatic ring is 1. The first kappa shape index (κ1) is 14.1. The van der Waals surface area contributed by atoms with Gasteiger partial charge in [-0.2, -0.15) is 0 Å². The highest BCUT2D eigenvalue weighted by atomic mass is 16.3. The molecule has 0 spiro atoms. The molecule has 0 bridgehead atoms. The number of hydrogen-bond donors (Lipinski definition) is 4. The van der Waals surface area contributed by atoms with Crippen molar-refractivity contribution < 1.29 is 5.11 Å². The molecule has 8 heteroatoms. The molecule has 2 aromatic heterocycles. The molecule has 0 atom stereocenters. The van der Waals surface area contributed by atoms with Crippen molar-refractivity contribution >= 4 is 11.6 Å². The zero-order valence-corrected chi connectivity index (χ0v) is 11.2. The van der Waals surface area contributed by atoms with Crippen LogP contribution in [0, 0.1) is 0 Å².